The number of hydrogen-bond donors (Lipinski definition) is 2. The highest BCUT2D eigenvalue weighted by molar-refractivity contribution is 6.31. The lowest BCUT2D eigenvalue weighted by Gasteiger charge is -2.41. The zero-order valence-corrected chi connectivity index (χ0v) is 19.3. The molecule has 172 valence electrons. The van der Waals surface area contributed by atoms with Crippen LogP contribution >= 0.6 is 23.2 Å². The van der Waals surface area contributed by atoms with Gasteiger partial charge in [-0.1, -0.05) is 47.5 Å². The summed E-state index contributed by atoms with van der Waals surface area (Å²) in [5.74, 6) is -4.45. The van der Waals surface area contributed by atoms with Gasteiger partial charge in [-0.3, -0.25) is 9.59 Å². The normalized spacial score (nSPS) is 24.8. The van der Waals surface area contributed by atoms with Gasteiger partial charge >= 0.3 is 0 Å². The molecule has 33 heavy (non-hydrogen) atoms. The van der Waals surface area contributed by atoms with E-state index in [1.807, 2.05) is 6.08 Å². The van der Waals surface area contributed by atoms with Crippen molar-refractivity contribution in [1.29, 1.82) is 0 Å². The molecule has 4 rings (SSSR count). The molecule has 2 unspecified atom stereocenters. The van der Waals surface area contributed by atoms with Gasteiger partial charge in [0.25, 0.3) is 0 Å². The Morgan fingerprint density at radius 1 is 1.15 bits per heavy atom. The summed E-state index contributed by atoms with van der Waals surface area (Å²) in [6.07, 6.45) is 5.96. The summed E-state index contributed by atoms with van der Waals surface area (Å²) in [7, 11) is 0. The summed E-state index contributed by atoms with van der Waals surface area (Å²) in [6.45, 7) is 1.62. The maximum Gasteiger partial charge on any atom is 0.230 e. The first-order valence-corrected chi connectivity index (χ1v) is 11.3. The van der Waals surface area contributed by atoms with Gasteiger partial charge in [-0.25, -0.2) is 8.78 Å². The number of anilines is 1. The molecule has 1 aliphatic carbocycles. The molecule has 2 aromatic carbocycles. The van der Waals surface area contributed by atoms with Gasteiger partial charge in [-0.05, 0) is 61.1 Å². The van der Waals surface area contributed by atoms with Crippen LogP contribution in [0.4, 0.5) is 14.5 Å². The van der Waals surface area contributed by atoms with Crippen molar-refractivity contribution < 1.29 is 18.4 Å². The molecule has 4 atom stereocenters. The van der Waals surface area contributed by atoms with Crippen LogP contribution in [0, 0.1) is 36.3 Å². The standard InChI is InChI=1S/C25H22Cl2F2N2O2/c1-13-8-9-19(28)23(29)21(13)24-22(25(33)30-17-7-3-6-16(27)11-17)18(12-20(32)31-24)14-4-2-5-15(26)10-14/h2-9,11,14,18,22,24H,10,12H2,1H3,(H,30,33)(H,31,32)/t14?,18-,22?,24+/m0/s1. The van der Waals surface area contributed by atoms with Crippen molar-refractivity contribution >= 4 is 40.7 Å². The third kappa shape index (κ3) is 4.97. The fourth-order valence-electron chi connectivity index (χ4n) is 4.72. The smallest absolute Gasteiger partial charge is 0.230 e. The van der Waals surface area contributed by atoms with Gasteiger partial charge in [0, 0.05) is 27.7 Å². The third-order valence-electron chi connectivity index (χ3n) is 6.23. The SMILES string of the molecule is Cc1ccc(F)c(F)c1[C@H]1NC(=O)C[C@@H](C2C=CC=C(Cl)C2)C1C(=O)Nc1cccc(Cl)c1. The van der Waals surface area contributed by atoms with Gasteiger partial charge < -0.3 is 10.6 Å². The number of carbonyl (C=O) groups excluding carboxylic acids is 2. The average Bonchev–Trinajstić information content (AvgIpc) is 2.76. The van der Waals surface area contributed by atoms with E-state index in [-0.39, 0.29) is 23.8 Å². The summed E-state index contributed by atoms with van der Waals surface area (Å²) in [5.41, 5.74) is 0.883. The van der Waals surface area contributed by atoms with Gasteiger partial charge in [0.05, 0.1) is 12.0 Å². The molecule has 1 fully saturated rings. The van der Waals surface area contributed by atoms with Crippen LogP contribution in [-0.2, 0) is 9.59 Å². The first-order chi connectivity index (χ1) is 15.7. The second-order valence-corrected chi connectivity index (χ2v) is 9.32. The highest BCUT2D eigenvalue weighted by atomic mass is 35.5. The van der Waals surface area contributed by atoms with Crippen LogP contribution in [0.3, 0.4) is 0 Å². The van der Waals surface area contributed by atoms with Gasteiger partial charge in [-0.2, -0.15) is 0 Å². The van der Waals surface area contributed by atoms with Crippen LogP contribution in [0.1, 0.15) is 30.0 Å². The summed E-state index contributed by atoms with van der Waals surface area (Å²) < 4.78 is 29.2. The lowest BCUT2D eigenvalue weighted by atomic mass is 9.69. The van der Waals surface area contributed by atoms with Gasteiger partial charge in [0.2, 0.25) is 11.8 Å². The number of rotatable bonds is 4. The molecule has 2 amide bonds. The van der Waals surface area contributed by atoms with E-state index in [4.69, 9.17) is 23.2 Å². The van der Waals surface area contributed by atoms with Crippen LogP contribution in [-0.4, -0.2) is 11.8 Å². The number of nitrogens with one attached hydrogen (secondary N) is 2. The molecule has 2 N–H and O–H groups in total. The van der Waals surface area contributed by atoms with Crippen molar-refractivity contribution in [2.45, 2.75) is 25.8 Å². The zero-order valence-electron chi connectivity index (χ0n) is 17.7. The Morgan fingerprint density at radius 3 is 2.67 bits per heavy atom. The van der Waals surface area contributed by atoms with E-state index in [9.17, 15) is 14.0 Å². The summed E-state index contributed by atoms with van der Waals surface area (Å²) in [5, 5.41) is 6.63. The highest BCUT2D eigenvalue weighted by Gasteiger charge is 2.46. The van der Waals surface area contributed by atoms with Crippen molar-refractivity contribution in [1.82, 2.24) is 5.32 Å². The van der Waals surface area contributed by atoms with E-state index in [1.54, 1.807) is 43.3 Å². The quantitative estimate of drug-likeness (QED) is 0.547. The predicted octanol–water partition coefficient (Wildman–Crippen LogP) is 6.06. The minimum absolute atomic E-state index is 0.0271. The second kappa shape index (κ2) is 9.65. The first-order valence-electron chi connectivity index (χ1n) is 10.6. The first kappa shape index (κ1) is 23.5. The van der Waals surface area contributed by atoms with Crippen molar-refractivity contribution in [3.63, 3.8) is 0 Å². The number of carbonyl (C=O) groups is 2. The number of halogens is 4. The van der Waals surface area contributed by atoms with Crippen molar-refractivity contribution in [2.24, 2.45) is 17.8 Å². The highest BCUT2D eigenvalue weighted by Crippen LogP contribution is 2.44. The Bertz CT molecular complexity index is 1170. The fraction of sp³-hybridized carbons (Fsp3) is 0.280. The van der Waals surface area contributed by atoms with Crippen LogP contribution in [0.5, 0.6) is 0 Å². The number of piperidine rings is 1. The number of aryl methyl sites for hydroxylation is 1. The molecule has 2 aliphatic rings. The monoisotopic (exact) mass is 490 g/mol. The van der Waals surface area contributed by atoms with E-state index in [1.165, 1.54) is 6.07 Å². The largest absolute Gasteiger partial charge is 0.348 e. The zero-order chi connectivity index (χ0) is 23.7. The van der Waals surface area contributed by atoms with E-state index < -0.39 is 35.4 Å². The molecule has 2 aromatic rings. The number of allylic oxidation sites excluding steroid dienone is 4. The molecule has 8 heteroatoms. The molecular weight excluding hydrogens is 469 g/mol. The van der Waals surface area contributed by atoms with Crippen LogP contribution in [0.2, 0.25) is 5.02 Å². The molecule has 0 spiro atoms. The van der Waals surface area contributed by atoms with Crippen molar-refractivity contribution in [2.75, 3.05) is 5.32 Å². The molecular formula is C25H22Cl2F2N2O2. The van der Waals surface area contributed by atoms with E-state index in [2.05, 4.69) is 10.6 Å². The Morgan fingerprint density at radius 2 is 1.94 bits per heavy atom. The molecule has 0 aromatic heterocycles. The molecule has 0 radical (unpaired) electrons. The minimum Gasteiger partial charge on any atom is -0.348 e. The molecule has 1 heterocycles. The van der Waals surface area contributed by atoms with Gasteiger partial charge in [0.1, 0.15) is 0 Å². The Balaban J connectivity index is 1.78. The lowest BCUT2D eigenvalue weighted by molar-refractivity contribution is -0.133. The van der Waals surface area contributed by atoms with E-state index in [0.717, 1.165) is 6.07 Å². The summed E-state index contributed by atoms with van der Waals surface area (Å²) in [6, 6.07) is 8.07. The summed E-state index contributed by atoms with van der Waals surface area (Å²) >= 11 is 12.3. The van der Waals surface area contributed by atoms with Crippen LogP contribution in [0.15, 0.2) is 59.7 Å². The maximum atomic E-state index is 15.0. The van der Waals surface area contributed by atoms with Crippen LogP contribution in [0.25, 0.3) is 0 Å². The molecule has 1 saturated heterocycles. The Kier molecular flexibility index (Phi) is 6.86. The average molecular weight is 491 g/mol. The van der Waals surface area contributed by atoms with Crippen molar-refractivity contribution in [3.8, 4) is 0 Å². The fourth-order valence-corrected chi connectivity index (χ4v) is 5.16. The van der Waals surface area contributed by atoms with Gasteiger partial charge in [-0.15, -0.1) is 0 Å². The lowest BCUT2D eigenvalue weighted by Crippen LogP contribution is -2.50. The Labute approximate surface area is 200 Å². The maximum absolute atomic E-state index is 15.0. The van der Waals surface area contributed by atoms with Gasteiger partial charge in [0.15, 0.2) is 11.6 Å². The minimum atomic E-state index is -1.07. The topological polar surface area (TPSA) is 58.2 Å². The summed E-state index contributed by atoms with van der Waals surface area (Å²) in [4.78, 5) is 26.3. The molecule has 0 saturated carbocycles. The van der Waals surface area contributed by atoms with Crippen LogP contribution < -0.4 is 10.6 Å². The molecule has 4 nitrogen and oxygen atoms in total. The van der Waals surface area contributed by atoms with E-state index in [0.29, 0.717) is 27.7 Å². The third-order valence-corrected chi connectivity index (χ3v) is 6.75. The molecule has 1 aliphatic heterocycles. The van der Waals surface area contributed by atoms with Crippen molar-refractivity contribution in [3.05, 3.63) is 87.4 Å². The number of hydrogen-bond acceptors (Lipinski definition) is 2. The van der Waals surface area contributed by atoms with E-state index >= 15 is 4.39 Å². The predicted molar refractivity (Wildman–Crippen MR) is 125 cm³/mol. The Hall–Kier alpha value is -2.70. The number of benzene rings is 2. The molecule has 0 bridgehead atoms. The number of amides is 2. The second-order valence-electron chi connectivity index (χ2n) is 8.40.